The Morgan fingerprint density at radius 2 is 1.93 bits per heavy atom. The van der Waals surface area contributed by atoms with Crippen molar-refractivity contribution in [3.8, 4) is 0 Å². The predicted octanol–water partition coefficient (Wildman–Crippen LogP) is 5.51. The number of carbonyl (C=O) groups is 1. The molecule has 4 nitrogen and oxygen atoms in total. The van der Waals surface area contributed by atoms with Crippen LogP contribution in [0.3, 0.4) is 0 Å². The molecule has 7 heteroatoms. The Morgan fingerprint density at radius 3 is 2.57 bits per heavy atom. The number of carbonyl (C=O) groups excluding carboxylic acids is 1. The molecular formula is C21H19Cl2FN2O2. The number of pyridine rings is 1. The predicted molar refractivity (Wildman–Crippen MR) is 111 cm³/mol. The Morgan fingerprint density at radius 1 is 1.21 bits per heavy atom. The zero-order valence-electron chi connectivity index (χ0n) is 15.7. The molecular weight excluding hydrogens is 402 g/mol. The van der Waals surface area contributed by atoms with Gasteiger partial charge in [-0.25, -0.2) is 14.2 Å². The van der Waals surface area contributed by atoms with E-state index in [1.165, 1.54) is 6.07 Å². The van der Waals surface area contributed by atoms with E-state index in [1.807, 2.05) is 18.2 Å². The van der Waals surface area contributed by atoms with Gasteiger partial charge in [0.1, 0.15) is 16.9 Å². The van der Waals surface area contributed by atoms with Crippen molar-refractivity contribution in [1.82, 2.24) is 4.98 Å². The third-order valence-electron chi connectivity index (χ3n) is 4.32. The van der Waals surface area contributed by atoms with Crippen molar-refractivity contribution in [1.29, 1.82) is 0 Å². The lowest BCUT2D eigenvalue weighted by Crippen LogP contribution is -2.20. The van der Waals surface area contributed by atoms with Gasteiger partial charge in [0.25, 0.3) is 0 Å². The summed E-state index contributed by atoms with van der Waals surface area (Å²) in [5, 5.41) is 1.23. The molecule has 146 valence electrons. The van der Waals surface area contributed by atoms with Crippen LogP contribution in [0.5, 0.6) is 0 Å². The van der Waals surface area contributed by atoms with Crippen molar-refractivity contribution in [3.63, 3.8) is 0 Å². The van der Waals surface area contributed by atoms with Gasteiger partial charge in [0, 0.05) is 35.9 Å². The molecule has 0 spiro atoms. The number of nitrogens with zero attached hydrogens (tertiary/aromatic N) is 2. The number of esters is 1. The largest absolute Gasteiger partial charge is 0.462 e. The maximum absolute atomic E-state index is 14.7. The smallest absolute Gasteiger partial charge is 0.342 e. The standard InChI is InChI=1S/C21H19Cl2FN2O2/c1-4-28-21(27)18-14(9-12-7-5-6-8-16(12)23)15-10-13(22)11-17(24)19(15)25-20(18)26(2)3/h5-8,10-11H,4,9H2,1-3H3. The van der Waals surface area contributed by atoms with Crippen molar-refractivity contribution >= 4 is 45.9 Å². The molecule has 28 heavy (non-hydrogen) atoms. The van der Waals surface area contributed by atoms with Gasteiger partial charge in [-0.2, -0.15) is 0 Å². The fraction of sp³-hybridized carbons (Fsp3) is 0.238. The van der Waals surface area contributed by atoms with Crippen LogP contribution in [-0.2, 0) is 11.2 Å². The normalized spacial score (nSPS) is 10.9. The van der Waals surface area contributed by atoms with E-state index in [2.05, 4.69) is 4.98 Å². The van der Waals surface area contributed by atoms with Gasteiger partial charge in [-0.15, -0.1) is 0 Å². The Balaban J connectivity index is 2.39. The van der Waals surface area contributed by atoms with E-state index in [-0.39, 0.29) is 22.7 Å². The minimum Gasteiger partial charge on any atom is -0.462 e. The lowest BCUT2D eigenvalue weighted by atomic mass is 9.95. The summed E-state index contributed by atoms with van der Waals surface area (Å²) in [5.74, 6) is -0.751. The molecule has 0 saturated carbocycles. The van der Waals surface area contributed by atoms with Gasteiger partial charge in [-0.05, 0) is 36.2 Å². The number of hydrogen-bond acceptors (Lipinski definition) is 4. The highest BCUT2D eigenvalue weighted by Gasteiger charge is 2.25. The minimum atomic E-state index is -0.554. The molecule has 0 aliphatic heterocycles. The van der Waals surface area contributed by atoms with Gasteiger partial charge in [0.2, 0.25) is 0 Å². The van der Waals surface area contributed by atoms with Gasteiger partial charge in [-0.1, -0.05) is 41.4 Å². The van der Waals surface area contributed by atoms with Crippen molar-refractivity contribution < 1.29 is 13.9 Å². The summed E-state index contributed by atoms with van der Waals surface area (Å²) in [7, 11) is 3.48. The maximum atomic E-state index is 14.7. The van der Waals surface area contributed by atoms with Gasteiger partial charge in [0.05, 0.1) is 6.61 Å². The van der Waals surface area contributed by atoms with Crippen LogP contribution in [0.4, 0.5) is 10.2 Å². The van der Waals surface area contributed by atoms with E-state index < -0.39 is 11.8 Å². The summed E-state index contributed by atoms with van der Waals surface area (Å²) < 4.78 is 19.9. The van der Waals surface area contributed by atoms with Crippen LogP contribution in [-0.4, -0.2) is 31.7 Å². The molecule has 3 aromatic rings. The Labute approximate surface area is 172 Å². The molecule has 1 aromatic heterocycles. The molecule has 2 aromatic carbocycles. The Hall–Kier alpha value is -2.37. The molecule has 0 fully saturated rings. The highest BCUT2D eigenvalue weighted by atomic mass is 35.5. The van der Waals surface area contributed by atoms with Gasteiger partial charge in [0.15, 0.2) is 5.82 Å². The lowest BCUT2D eigenvalue weighted by Gasteiger charge is -2.21. The highest BCUT2D eigenvalue weighted by molar-refractivity contribution is 6.32. The topological polar surface area (TPSA) is 42.4 Å². The first-order valence-corrected chi connectivity index (χ1v) is 9.48. The molecule has 3 rings (SSSR count). The molecule has 0 bridgehead atoms. The van der Waals surface area contributed by atoms with Gasteiger partial charge in [-0.3, -0.25) is 0 Å². The van der Waals surface area contributed by atoms with E-state index in [0.717, 1.165) is 5.56 Å². The van der Waals surface area contributed by atoms with Crippen molar-refractivity contribution in [2.45, 2.75) is 13.3 Å². The van der Waals surface area contributed by atoms with Crippen LogP contribution in [0.25, 0.3) is 10.9 Å². The number of benzene rings is 2. The summed E-state index contributed by atoms with van der Waals surface area (Å²) in [4.78, 5) is 18.9. The molecule has 0 amide bonds. The van der Waals surface area contributed by atoms with Crippen LogP contribution < -0.4 is 4.90 Å². The number of hydrogen-bond donors (Lipinski definition) is 0. The van der Waals surface area contributed by atoms with E-state index in [9.17, 15) is 9.18 Å². The lowest BCUT2D eigenvalue weighted by molar-refractivity contribution is 0.0526. The monoisotopic (exact) mass is 420 g/mol. The summed E-state index contributed by atoms with van der Waals surface area (Å²) in [6.07, 6.45) is 0.299. The molecule has 0 unspecified atom stereocenters. The van der Waals surface area contributed by atoms with Crippen LogP contribution >= 0.6 is 23.2 Å². The van der Waals surface area contributed by atoms with E-state index in [0.29, 0.717) is 28.2 Å². The number of aromatic nitrogens is 1. The molecule has 0 radical (unpaired) electrons. The first kappa shape index (κ1) is 20.4. The second-order valence-electron chi connectivity index (χ2n) is 6.46. The van der Waals surface area contributed by atoms with Gasteiger partial charge < -0.3 is 9.64 Å². The maximum Gasteiger partial charge on any atom is 0.342 e. The fourth-order valence-electron chi connectivity index (χ4n) is 3.10. The second-order valence-corrected chi connectivity index (χ2v) is 7.30. The van der Waals surface area contributed by atoms with Crippen molar-refractivity contribution in [2.24, 2.45) is 0 Å². The van der Waals surface area contributed by atoms with E-state index >= 15 is 0 Å². The molecule has 0 atom stereocenters. The molecule has 0 aliphatic rings. The fourth-order valence-corrected chi connectivity index (χ4v) is 3.51. The highest BCUT2D eigenvalue weighted by Crippen LogP contribution is 2.34. The Kier molecular flexibility index (Phi) is 6.06. The zero-order chi connectivity index (χ0) is 20.4. The van der Waals surface area contributed by atoms with Crippen LogP contribution in [0, 0.1) is 5.82 Å². The summed E-state index contributed by atoms with van der Waals surface area (Å²) >= 11 is 12.4. The number of fused-ring (bicyclic) bond motifs is 1. The molecule has 0 N–H and O–H groups in total. The number of anilines is 1. The quantitative estimate of drug-likeness (QED) is 0.510. The first-order valence-electron chi connectivity index (χ1n) is 8.73. The third-order valence-corrected chi connectivity index (χ3v) is 4.91. The minimum absolute atomic E-state index is 0.142. The van der Waals surface area contributed by atoms with Crippen LogP contribution in [0.1, 0.15) is 28.4 Å². The first-order chi connectivity index (χ1) is 13.3. The zero-order valence-corrected chi connectivity index (χ0v) is 17.2. The second kappa shape index (κ2) is 8.33. The van der Waals surface area contributed by atoms with Crippen LogP contribution in [0.15, 0.2) is 36.4 Å². The van der Waals surface area contributed by atoms with Crippen molar-refractivity contribution in [2.75, 3.05) is 25.6 Å². The van der Waals surface area contributed by atoms with Crippen molar-refractivity contribution in [3.05, 3.63) is 69.0 Å². The average molecular weight is 421 g/mol. The third kappa shape index (κ3) is 3.91. The van der Waals surface area contributed by atoms with Crippen LogP contribution in [0.2, 0.25) is 10.0 Å². The van der Waals surface area contributed by atoms with Gasteiger partial charge >= 0.3 is 5.97 Å². The number of ether oxygens (including phenoxy) is 1. The molecule has 0 aliphatic carbocycles. The SMILES string of the molecule is CCOC(=O)c1c(N(C)C)nc2c(F)cc(Cl)cc2c1Cc1ccccc1Cl. The molecule has 1 heterocycles. The summed E-state index contributed by atoms with van der Waals surface area (Å²) in [6, 6.07) is 10.1. The van der Waals surface area contributed by atoms with E-state index in [4.69, 9.17) is 27.9 Å². The number of rotatable bonds is 5. The summed E-state index contributed by atoms with van der Waals surface area (Å²) in [5.41, 5.74) is 1.79. The van der Waals surface area contributed by atoms with E-state index in [1.54, 1.807) is 38.1 Å². The summed E-state index contributed by atoms with van der Waals surface area (Å²) in [6.45, 7) is 1.94. The average Bonchev–Trinajstić information content (AvgIpc) is 2.63. The Bertz CT molecular complexity index is 1050. The molecule has 0 saturated heterocycles. The number of halogens is 3.